The van der Waals surface area contributed by atoms with Crippen LogP contribution in [0.3, 0.4) is 0 Å². The molecule has 0 radical (unpaired) electrons. The molecule has 8 N–H and O–H groups in total. The summed E-state index contributed by atoms with van der Waals surface area (Å²) < 4.78 is 23.4. The van der Waals surface area contributed by atoms with Gasteiger partial charge in [0, 0.05) is 11.3 Å². The minimum atomic E-state index is -2.03. The molecule has 0 amide bonds. The molecular weight excluding hydrogens is 744 g/mol. The molecule has 15 heteroatoms. The molecule has 5 aliphatic carbocycles. The maximum Gasteiger partial charge on any atom is 0.335 e. The summed E-state index contributed by atoms with van der Waals surface area (Å²) in [6, 6.07) is 0. The predicted molar refractivity (Wildman–Crippen MR) is 199 cm³/mol. The SMILES string of the molecule is CC1(C)C[C@H](O)[C@]2(C)CC[C@]3(C)C(=CC(=O)[C@@H]4[C@@]5(C)CC[C@H](O[C@@H]6O[C@H](C(=O)O)[C@@H](O)[C@H](O)[C@H]6O[C@@H]6O[C@H](C(=O)O)[C@@H](O)[C@H](O)[C@H]6O)C(C)(C)[C@@H]5CC[C@]43C)[C@@H]2C1. The average Bonchev–Trinajstić information content (AvgIpc) is 3.10. The molecular formula is C42H64O15. The van der Waals surface area contributed by atoms with Crippen LogP contribution >= 0.6 is 0 Å². The number of aliphatic hydroxyl groups excluding tert-OH is 6. The van der Waals surface area contributed by atoms with Gasteiger partial charge in [-0.05, 0) is 96.4 Å². The highest BCUT2D eigenvalue weighted by atomic mass is 16.8. The van der Waals surface area contributed by atoms with E-state index in [1.807, 2.05) is 19.9 Å². The Morgan fingerprint density at radius 3 is 1.89 bits per heavy atom. The van der Waals surface area contributed by atoms with Crippen LogP contribution in [0.25, 0.3) is 0 Å². The van der Waals surface area contributed by atoms with Crippen LogP contribution in [0.4, 0.5) is 0 Å². The van der Waals surface area contributed by atoms with Crippen LogP contribution in [-0.2, 0) is 33.3 Å². The summed E-state index contributed by atoms with van der Waals surface area (Å²) in [5.74, 6) is -3.38. The predicted octanol–water partition coefficient (Wildman–Crippen LogP) is 2.15. The molecule has 2 heterocycles. The number of carboxylic acid groups (broad SMARTS) is 2. The van der Waals surface area contributed by atoms with Gasteiger partial charge in [0.25, 0.3) is 0 Å². The van der Waals surface area contributed by atoms with Gasteiger partial charge in [0.1, 0.15) is 36.6 Å². The second-order valence-corrected chi connectivity index (χ2v) is 21.0. The number of rotatable bonds is 6. The molecule has 0 bridgehead atoms. The number of carbonyl (C=O) groups excluding carboxylic acids is 1. The quantitative estimate of drug-likeness (QED) is 0.179. The third kappa shape index (κ3) is 6.31. The first-order chi connectivity index (χ1) is 26.2. The summed E-state index contributed by atoms with van der Waals surface area (Å²) >= 11 is 0. The topological polar surface area (TPSA) is 250 Å². The largest absolute Gasteiger partial charge is 0.479 e. The molecule has 4 saturated carbocycles. The van der Waals surface area contributed by atoms with Crippen LogP contribution in [-0.4, -0.2) is 132 Å². The van der Waals surface area contributed by atoms with Crippen molar-refractivity contribution in [2.45, 2.75) is 180 Å². The molecule has 7 rings (SSSR count). The van der Waals surface area contributed by atoms with E-state index in [-0.39, 0.29) is 45.2 Å². The van der Waals surface area contributed by atoms with Gasteiger partial charge in [0.05, 0.1) is 12.2 Å². The molecule has 2 saturated heterocycles. The van der Waals surface area contributed by atoms with Crippen molar-refractivity contribution in [1.82, 2.24) is 0 Å². The lowest BCUT2D eigenvalue weighted by atomic mass is 9.33. The Morgan fingerprint density at radius 1 is 0.684 bits per heavy atom. The van der Waals surface area contributed by atoms with Crippen molar-refractivity contribution in [3.63, 3.8) is 0 Å². The fourth-order valence-corrected chi connectivity index (χ4v) is 13.5. The normalized spacial score (nSPS) is 53.0. The summed E-state index contributed by atoms with van der Waals surface area (Å²) in [4.78, 5) is 38.8. The second-order valence-electron chi connectivity index (χ2n) is 21.0. The van der Waals surface area contributed by atoms with Gasteiger partial charge in [-0.2, -0.15) is 0 Å². The standard InChI is InChI=1S/C42H64O15/c1-37(2)16-19-18-15-20(43)32-40(6)11-10-23(38(3,4)21(40)9-12-42(32,8)41(18,7)14-13-39(19,5)22(44)17-37)54-36-31(27(48)26(47)30(56-36)34(52)53)57-35-28(49)24(45)25(46)29(55-35)33(50)51/h15,19,21-32,35-36,44-49H,9-14,16-17H2,1-8H3,(H,50,51)(H,52,53)/t19-,21-,22-,23-,24-,25-,26-,27-,28+,29-,30-,31+,32+,35-,36+,39+,40-,41+,42+/m0/s1. The first-order valence-corrected chi connectivity index (χ1v) is 20.7. The van der Waals surface area contributed by atoms with Gasteiger partial charge < -0.3 is 59.8 Å². The van der Waals surface area contributed by atoms with Gasteiger partial charge in [0.15, 0.2) is 30.6 Å². The van der Waals surface area contributed by atoms with Gasteiger partial charge in [-0.3, -0.25) is 4.79 Å². The van der Waals surface area contributed by atoms with Crippen LogP contribution in [0, 0.1) is 50.2 Å². The monoisotopic (exact) mass is 808 g/mol. The lowest BCUT2D eigenvalue weighted by Crippen LogP contribution is -2.68. The average molecular weight is 809 g/mol. The smallest absolute Gasteiger partial charge is 0.335 e. The van der Waals surface area contributed by atoms with Crippen molar-refractivity contribution >= 4 is 17.7 Å². The maximum atomic E-state index is 14.8. The molecule has 0 aromatic heterocycles. The molecule has 0 aromatic rings. The summed E-state index contributed by atoms with van der Waals surface area (Å²) in [5, 5.41) is 84.3. The van der Waals surface area contributed by atoms with E-state index in [0.717, 1.165) is 38.5 Å². The van der Waals surface area contributed by atoms with Gasteiger partial charge in [-0.15, -0.1) is 0 Å². The van der Waals surface area contributed by atoms with E-state index < -0.39 is 96.4 Å². The van der Waals surface area contributed by atoms with Crippen LogP contribution < -0.4 is 0 Å². The first kappa shape index (κ1) is 43.1. The summed E-state index contributed by atoms with van der Waals surface area (Å²) in [6.07, 6.45) is -12.6. The molecule has 0 aromatic carbocycles. The van der Waals surface area contributed by atoms with E-state index in [9.17, 15) is 55.2 Å². The fraction of sp³-hybridized carbons (Fsp3) is 0.881. The number of aliphatic hydroxyl groups is 6. The highest BCUT2D eigenvalue weighted by molar-refractivity contribution is 5.95. The van der Waals surface area contributed by atoms with E-state index in [1.165, 1.54) is 5.57 Å². The van der Waals surface area contributed by atoms with Crippen LogP contribution in [0.15, 0.2) is 11.6 Å². The number of hydrogen-bond donors (Lipinski definition) is 8. The zero-order valence-electron chi connectivity index (χ0n) is 34.3. The minimum Gasteiger partial charge on any atom is -0.479 e. The molecule has 2 aliphatic heterocycles. The molecule has 0 unspecified atom stereocenters. The number of ketones is 1. The van der Waals surface area contributed by atoms with Gasteiger partial charge >= 0.3 is 11.9 Å². The van der Waals surface area contributed by atoms with Crippen LogP contribution in [0.1, 0.15) is 107 Å². The third-order valence-electron chi connectivity index (χ3n) is 17.0. The Balaban J connectivity index is 1.17. The Labute approximate surface area is 333 Å². The Bertz CT molecular complexity index is 1660. The van der Waals surface area contributed by atoms with Crippen molar-refractivity contribution in [3.05, 3.63) is 11.6 Å². The van der Waals surface area contributed by atoms with E-state index in [1.54, 1.807) is 0 Å². The van der Waals surface area contributed by atoms with Crippen LogP contribution in [0.2, 0.25) is 0 Å². The third-order valence-corrected chi connectivity index (χ3v) is 17.0. The van der Waals surface area contributed by atoms with Gasteiger partial charge in [0.2, 0.25) is 0 Å². The molecule has 6 fully saturated rings. The number of aliphatic carboxylic acids is 2. The number of ether oxygens (including phenoxy) is 4. The fourth-order valence-electron chi connectivity index (χ4n) is 13.5. The molecule has 19 atom stereocenters. The van der Waals surface area contributed by atoms with Gasteiger partial charge in [-0.1, -0.05) is 61.0 Å². The number of allylic oxidation sites excluding steroid dienone is 2. The summed E-state index contributed by atoms with van der Waals surface area (Å²) in [6.45, 7) is 17.6. The van der Waals surface area contributed by atoms with Crippen molar-refractivity contribution < 1.29 is 74.2 Å². The minimum absolute atomic E-state index is 0.0566. The Kier molecular flexibility index (Phi) is 10.6. The second kappa shape index (κ2) is 14.0. The molecule has 322 valence electrons. The van der Waals surface area contributed by atoms with Crippen molar-refractivity contribution in [2.75, 3.05) is 0 Å². The molecule has 15 nitrogen and oxygen atoms in total. The van der Waals surface area contributed by atoms with Gasteiger partial charge in [-0.25, -0.2) is 9.59 Å². The Hall–Kier alpha value is -2.05. The number of carboxylic acids is 2. The number of carbonyl (C=O) groups is 3. The van der Waals surface area contributed by atoms with Crippen molar-refractivity contribution in [2.24, 2.45) is 50.2 Å². The Morgan fingerprint density at radius 2 is 1.28 bits per heavy atom. The molecule has 7 aliphatic rings. The van der Waals surface area contributed by atoms with E-state index in [4.69, 9.17) is 18.9 Å². The molecule has 0 spiro atoms. The zero-order chi connectivity index (χ0) is 42.2. The highest BCUT2D eigenvalue weighted by Crippen LogP contribution is 2.75. The lowest BCUT2D eigenvalue weighted by Gasteiger charge is -2.71. The van der Waals surface area contributed by atoms with E-state index in [2.05, 4.69) is 41.5 Å². The first-order valence-electron chi connectivity index (χ1n) is 20.7. The number of fused-ring (bicyclic) bond motifs is 7. The molecule has 57 heavy (non-hydrogen) atoms. The van der Waals surface area contributed by atoms with Crippen molar-refractivity contribution in [1.29, 1.82) is 0 Å². The zero-order valence-corrected chi connectivity index (χ0v) is 34.3. The van der Waals surface area contributed by atoms with Crippen LogP contribution in [0.5, 0.6) is 0 Å². The summed E-state index contributed by atoms with van der Waals surface area (Å²) in [5.41, 5.74) is -0.898. The van der Waals surface area contributed by atoms with E-state index >= 15 is 0 Å². The highest BCUT2D eigenvalue weighted by Gasteiger charge is 2.71. The summed E-state index contributed by atoms with van der Waals surface area (Å²) in [7, 11) is 0. The number of hydrogen-bond acceptors (Lipinski definition) is 13. The van der Waals surface area contributed by atoms with E-state index in [0.29, 0.717) is 12.8 Å². The maximum absolute atomic E-state index is 14.8. The van der Waals surface area contributed by atoms with Crippen molar-refractivity contribution in [3.8, 4) is 0 Å². The lowest BCUT2D eigenvalue weighted by molar-refractivity contribution is -0.371.